The van der Waals surface area contributed by atoms with Crippen molar-refractivity contribution in [1.29, 1.82) is 0 Å². The van der Waals surface area contributed by atoms with Gasteiger partial charge in [-0.1, -0.05) is 6.07 Å². The Morgan fingerprint density at radius 2 is 2.00 bits per heavy atom. The molecule has 1 aromatic carbocycles. The average molecular weight is 355 g/mol. The lowest BCUT2D eigenvalue weighted by Gasteiger charge is -2.38. The van der Waals surface area contributed by atoms with Crippen LogP contribution in [0.1, 0.15) is 24.8 Å². The third-order valence-corrected chi connectivity index (χ3v) is 5.18. The molecule has 2 aliphatic heterocycles. The fourth-order valence-corrected chi connectivity index (χ4v) is 3.58. The van der Waals surface area contributed by atoms with E-state index in [9.17, 15) is 4.79 Å². The van der Waals surface area contributed by atoms with Gasteiger partial charge in [0.05, 0.1) is 7.11 Å². The Balaban J connectivity index is 0.00000208. The molecule has 1 spiro atoms. The molecule has 134 valence electrons. The molecule has 2 fully saturated rings. The molecule has 2 heterocycles. The van der Waals surface area contributed by atoms with Gasteiger partial charge in [-0.3, -0.25) is 4.79 Å². The third kappa shape index (κ3) is 4.14. The van der Waals surface area contributed by atoms with Crippen molar-refractivity contribution in [3.05, 3.63) is 23.8 Å². The Morgan fingerprint density at radius 3 is 2.62 bits per heavy atom. The maximum Gasteiger partial charge on any atom is 0.260 e. The van der Waals surface area contributed by atoms with E-state index in [0.717, 1.165) is 44.6 Å². The summed E-state index contributed by atoms with van der Waals surface area (Å²) < 4.78 is 11.0. The van der Waals surface area contributed by atoms with Gasteiger partial charge in [-0.15, -0.1) is 12.4 Å². The van der Waals surface area contributed by atoms with Crippen LogP contribution in [0.5, 0.6) is 11.5 Å². The van der Waals surface area contributed by atoms with E-state index < -0.39 is 0 Å². The Hall–Kier alpha value is -1.46. The number of benzene rings is 1. The SMILES string of the molecule is COc1cc(C)ccc1OCC(=O)N1CCC2(CCNC2)CC1.Cl. The van der Waals surface area contributed by atoms with Crippen molar-refractivity contribution in [1.82, 2.24) is 10.2 Å². The normalized spacial score (nSPS) is 19.0. The first-order chi connectivity index (χ1) is 11.1. The predicted molar refractivity (Wildman–Crippen MR) is 96.2 cm³/mol. The summed E-state index contributed by atoms with van der Waals surface area (Å²) in [6.45, 7) is 5.98. The smallest absolute Gasteiger partial charge is 0.260 e. The van der Waals surface area contributed by atoms with Gasteiger partial charge in [0.1, 0.15) is 0 Å². The summed E-state index contributed by atoms with van der Waals surface area (Å²) in [5.41, 5.74) is 1.53. The molecule has 0 atom stereocenters. The van der Waals surface area contributed by atoms with Crippen LogP contribution in [0.2, 0.25) is 0 Å². The molecule has 0 unspecified atom stereocenters. The first-order valence-electron chi connectivity index (χ1n) is 8.38. The van der Waals surface area contributed by atoms with E-state index in [1.807, 2.05) is 30.0 Å². The van der Waals surface area contributed by atoms with E-state index in [-0.39, 0.29) is 24.9 Å². The van der Waals surface area contributed by atoms with E-state index in [4.69, 9.17) is 9.47 Å². The third-order valence-electron chi connectivity index (χ3n) is 5.18. The minimum Gasteiger partial charge on any atom is -0.493 e. The topological polar surface area (TPSA) is 50.8 Å². The van der Waals surface area contributed by atoms with Gasteiger partial charge in [-0.25, -0.2) is 0 Å². The first-order valence-corrected chi connectivity index (χ1v) is 8.38. The van der Waals surface area contributed by atoms with Crippen LogP contribution in [0, 0.1) is 12.3 Å². The Morgan fingerprint density at radius 1 is 1.25 bits per heavy atom. The molecule has 24 heavy (non-hydrogen) atoms. The van der Waals surface area contributed by atoms with E-state index in [1.165, 1.54) is 6.42 Å². The zero-order chi connectivity index (χ0) is 16.3. The largest absolute Gasteiger partial charge is 0.493 e. The maximum atomic E-state index is 12.4. The Kier molecular flexibility index (Phi) is 6.35. The fourth-order valence-electron chi connectivity index (χ4n) is 3.58. The van der Waals surface area contributed by atoms with Crippen molar-refractivity contribution in [3.8, 4) is 11.5 Å². The second-order valence-corrected chi connectivity index (χ2v) is 6.75. The van der Waals surface area contributed by atoms with E-state index in [2.05, 4.69) is 5.32 Å². The molecule has 2 aliphatic rings. The number of carbonyl (C=O) groups is 1. The molecule has 1 aromatic rings. The summed E-state index contributed by atoms with van der Waals surface area (Å²) in [5, 5.41) is 3.45. The van der Waals surface area contributed by atoms with Gasteiger partial charge in [0, 0.05) is 19.6 Å². The zero-order valence-electron chi connectivity index (χ0n) is 14.5. The fraction of sp³-hybridized carbons (Fsp3) is 0.611. The standard InChI is InChI=1S/C18H26N2O3.ClH/c1-14-3-4-15(16(11-14)22-2)23-12-17(21)20-9-6-18(7-10-20)5-8-19-13-18;/h3-4,11,19H,5-10,12-13H2,1-2H3;1H. The van der Waals surface area contributed by atoms with Crippen LogP contribution in [0.3, 0.4) is 0 Å². The summed E-state index contributed by atoms with van der Waals surface area (Å²) in [6.07, 6.45) is 3.44. The van der Waals surface area contributed by atoms with Crippen LogP contribution in [-0.4, -0.2) is 50.7 Å². The highest BCUT2D eigenvalue weighted by Gasteiger charge is 2.38. The number of hydrogen-bond acceptors (Lipinski definition) is 4. The van der Waals surface area contributed by atoms with Crippen LogP contribution < -0.4 is 14.8 Å². The van der Waals surface area contributed by atoms with Crippen molar-refractivity contribution in [2.75, 3.05) is 39.9 Å². The Bertz CT molecular complexity index is 563. The Labute approximate surface area is 150 Å². The number of amides is 1. The summed E-state index contributed by atoms with van der Waals surface area (Å²) in [6, 6.07) is 5.73. The van der Waals surface area contributed by atoms with Gasteiger partial charge < -0.3 is 19.7 Å². The summed E-state index contributed by atoms with van der Waals surface area (Å²) in [5.74, 6) is 1.36. The summed E-state index contributed by atoms with van der Waals surface area (Å²) >= 11 is 0. The van der Waals surface area contributed by atoms with Gasteiger partial charge in [0.15, 0.2) is 18.1 Å². The minimum atomic E-state index is 0. The minimum absolute atomic E-state index is 0. The van der Waals surface area contributed by atoms with Crippen molar-refractivity contribution in [3.63, 3.8) is 0 Å². The molecule has 1 amide bonds. The monoisotopic (exact) mass is 354 g/mol. The van der Waals surface area contributed by atoms with Crippen molar-refractivity contribution in [2.45, 2.75) is 26.2 Å². The number of hydrogen-bond donors (Lipinski definition) is 1. The number of carbonyl (C=O) groups excluding carboxylic acids is 1. The molecule has 0 radical (unpaired) electrons. The molecule has 0 bridgehead atoms. The zero-order valence-corrected chi connectivity index (χ0v) is 15.3. The van der Waals surface area contributed by atoms with E-state index >= 15 is 0 Å². The van der Waals surface area contributed by atoms with Crippen LogP contribution in [0.4, 0.5) is 0 Å². The van der Waals surface area contributed by atoms with Crippen LogP contribution >= 0.6 is 12.4 Å². The quantitative estimate of drug-likeness (QED) is 0.902. The second kappa shape index (κ2) is 8.08. The summed E-state index contributed by atoms with van der Waals surface area (Å²) in [7, 11) is 1.61. The predicted octanol–water partition coefficient (Wildman–Crippen LogP) is 2.41. The highest BCUT2D eigenvalue weighted by atomic mass is 35.5. The number of rotatable bonds is 4. The van der Waals surface area contributed by atoms with Gasteiger partial charge in [-0.05, 0) is 55.8 Å². The second-order valence-electron chi connectivity index (χ2n) is 6.75. The number of nitrogens with one attached hydrogen (secondary N) is 1. The van der Waals surface area contributed by atoms with Gasteiger partial charge in [0.25, 0.3) is 5.91 Å². The average Bonchev–Trinajstić information content (AvgIpc) is 3.02. The molecule has 0 saturated carbocycles. The lowest BCUT2D eigenvalue weighted by atomic mass is 9.78. The number of halogens is 1. The lowest BCUT2D eigenvalue weighted by molar-refractivity contribution is -0.135. The highest BCUT2D eigenvalue weighted by Crippen LogP contribution is 2.37. The molecular formula is C18H27ClN2O3. The molecule has 3 rings (SSSR count). The molecule has 0 aromatic heterocycles. The van der Waals surface area contributed by atoms with Crippen molar-refractivity contribution < 1.29 is 14.3 Å². The number of methoxy groups -OCH3 is 1. The molecule has 2 saturated heterocycles. The first kappa shape index (κ1) is 18.9. The number of nitrogens with zero attached hydrogens (tertiary/aromatic N) is 1. The van der Waals surface area contributed by atoms with E-state index in [1.54, 1.807) is 7.11 Å². The molecular weight excluding hydrogens is 328 g/mol. The van der Waals surface area contributed by atoms with Gasteiger partial charge in [0.2, 0.25) is 0 Å². The van der Waals surface area contributed by atoms with E-state index in [0.29, 0.717) is 16.9 Å². The molecule has 0 aliphatic carbocycles. The molecule has 5 nitrogen and oxygen atoms in total. The number of piperidine rings is 1. The van der Waals surface area contributed by atoms with Crippen LogP contribution in [0.25, 0.3) is 0 Å². The van der Waals surface area contributed by atoms with Crippen molar-refractivity contribution in [2.24, 2.45) is 5.41 Å². The number of likely N-dealkylation sites (tertiary alicyclic amines) is 1. The lowest BCUT2D eigenvalue weighted by Crippen LogP contribution is -2.45. The number of aryl methyl sites for hydroxylation is 1. The molecule has 1 N–H and O–H groups in total. The number of ether oxygens (including phenoxy) is 2. The van der Waals surface area contributed by atoms with Crippen LogP contribution in [-0.2, 0) is 4.79 Å². The maximum absolute atomic E-state index is 12.4. The highest BCUT2D eigenvalue weighted by molar-refractivity contribution is 5.85. The van der Waals surface area contributed by atoms with Gasteiger partial charge in [-0.2, -0.15) is 0 Å². The summed E-state index contributed by atoms with van der Waals surface area (Å²) in [4.78, 5) is 14.3. The van der Waals surface area contributed by atoms with Gasteiger partial charge >= 0.3 is 0 Å². The van der Waals surface area contributed by atoms with Crippen molar-refractivity contribution >= 4 is 18.3 Å². The van der Waals surface area contributed by atoms with Crippen LogP contribution in [0.15, 0.2) is 18.2 Å². The molecule has 6 heteroatoms.